The Morgan fingerprint density at radius 2 is 1.65 bits per heavy atom. The fourth-order valence-electron chi connectivity index (χ4n) is 3.76. The van der Waals surface area contributed by atoms with Crippen molar-refractivity contribution in [3.63, 3.8) is 0 Å². The number of carbonyl (C=O) groups excluding carboxylic acids is 2. The Kier molecular flexibility index (Phi) is 8.31. The van der Waals surface area contributed by atoms with Crippen LogP contribution in [0.5, 0.6) is 11.5 Å². The lowest BCUT2D eigenvalue weighted by molar-refractivity contribution is -0.158. The molecule has 0 fully saturated rings. The molecule has 2 aromatic carbocycles. The summed E-state index contributed by atoms with van der Waals surface area (Å²) in [5, 5.41) is 7.46. The van der Waals surface area contributed by atoms with E-state index in [0.29, 0.717) is 17.2 Å². The second-order valence-corrected chi connectivity index (χ2v) is 10.4. The highest BCUT2D eigenvalue weighted by molar-refractivity contribution is 5.93. The normalized spacial score (nSPS) is 11.7. The van der Waals surface area contributed by atoms with Crippen LogP contribution in [0.2, 0.25) is 0 Å². The third-order valence-corrected chi connectivity index (χ3v) is 5.97. The Labute approximate surface area is 218 Å². The van der Waals surface area contributed by atoms with E-state index in [-0.39, 0.29) is 24.5 Å². The molecule has 0 saturated heterocycles. The first-order valence-electron chi connectivity index (χ1n) is 12.3. The summed E-state index contributed by atoms with van der Waals surface area (Å²) < 4.78 is 18.0. The van der Waals surface area contributed by atoms with Gasteiger partial charge in [0.25, 0.3) is 5.91 Å². The van der Waals surface area contributed by atoms with Crippen LogP contribution in [-0.2, 0) is 28.5 Å². The summed E-state index contributed by atoms with van der Waals surface area (Å²) in [5.74, 6) is 0.152. The van der Waals surface area contributed by atoms with Gasteiger partial charge in [-0.1, -0.05) is 51.1 Å². The summed E-state index contributed by atoms with van der Waals surface area (Å²) >= 11 is 0. The summed E-state index contributed by atoms with van der Waals surface area (Å²) in [4.78, 5) is 25.1. The zero-order chi connectivity index (χ0) is 27.4. The molecule has 1 heterocycles. The minimum Gasteiger partial charge on any atom is -0.493 e. The lowest BCUT2D eigenvalue weighted by atomic mass is 9.86. The van der Waals surface area contributed by atoms with Gasteiger partial charge in [0.2, 0.25) is 0 Å². The van der Waals surface area contributed by atoms with Crippen molar-refractivity contribution in [2.75, 3.05) is 13.7 Å². The van der Waals surface area contributed by atoms with E-state index in [9.17, 15) is 9.59 Å². The van der Waals surface area contributed by atoms with Crippen LogP contribution in [0.3, 0.4) is 0 Å². The Bertz CT molecular complexity index is 1250. The van der Waals surface area contributed by atoms with Crippen molar-refractivity contribution in [3.05, 3.63) is 65.4 Å². The molecular formula is C29H37N3O5. The minimum atomic E-state index is -1.18. The maximum absolute atomic E-state index is 12.9. The highest BCUT2D eigenvalue weighted by Crippen LogP contribution is 2.32. The third-order valence-electron chi connectivity index (χ3n) is 5.97. The van der Waals surface area contributed by atoms with Crippen molar-refractivity contribution in [2.45, 2.75) is 59.1 Å². The van der Waals surface area contributed by atoms with Crippen molar-refractivity contribution in [1.29, 1.82) is 0 Å². The van der Waals surface area contributed by atoms with Gasteiger partial charge in [-0.3, -0.25) is 9.48 Å². The molecule has 0 aliphatic heterocycles. The first kappa shape index (κ1) is 27.8. The van der Waals surface area contributed by atoms with Gasteiger partial charge in [-0.15, -0.1) is 0 Å². The highest BCUT2D eigenvalue weighted by Gasteiger charge is 2.32. The highest BCUT2D eigenvalue weighted by atomic mass is 16.6. The second-order valence-electron chi connectivity index (χ2n) is 10.4. The number of methoxy groups -OCH3 is 1. The van der Waals surface area contributed by atoms with E-state index in [0.717, 1.165) is 16.8 Å². The van der Waals surface area contributed by atoms with E-state index in [2.05, 4.69) is 43.3 Å². The number of amides is 1. The molecule has 3 rings (SSSR count). The summed E-state index contributed by atoms with van der Waals surface area (Å²) in [6, 6.07) is 15.3. The molecule has 8 nitrogen and oxygen atoms in total. The lowest BCUT2D eigenvalue weighted by Gasteiger charge is -2.25. The number of carbonyl (C=O) groups is 2. The van der Waals surface area contributed by atoms with E-state index in [4.69, 9.17) is 14.2 Å². The Balaban J connectivity index is 1.69. The summed E-state index contributed by atoms with van der Waals surface area (Å²) in [5.41, 5.74) is 3.08. The first-order valence-corrected chi connectivity index (χ1v) is 12.3. The molecule has 0 atom stereocenters. The number of nitrogens with zero attached hydrogens (tertiary/aromatic N) is 2. The second kappa shape index (κ2) is 11.1. The standard InChI is InChI=1S/C29H37N3O5/c1-9-36-27(34)29(5,6)37-24-15-10-19(16-25(24)35-8)18-30-26(33)23-17-22(31-32(23)7)20-11-13-21(14-12-20)28(2,3)4/h10-17H,9,18H2,1-8H3,(H,30,33). The number of ether oxygens (including phenoxy) is 3. The molecule has 37 heavy (non-hydrogen) atoms. The van der Waals surface area contributed by atoms with E-state index >= 15 is 0 Å². The number of hydrogen-bond acceptors (Lipinski definition) is 6. The molecule has 198 valence electrons. The van der Waals surface area contributed by atoms with Crippen molar-refractivity contribution in [3.8, 4) is 22.8 Å². The molecule has 0 saturated carbocycles. The zero-order valence-electron chi connectivity index (χ0n) is 23.0. The number of esters is 1. The van der Waals surface area contributed by atoms with Crippen LogP contribution in [0.15, 0.2) is 48.5 Å². The van der Waals surface area contributed by atoms with Crippen LogP contribution in [0, 0.1) is 0 Å². The number of aromatic nitrogens is 2. The molecule has 0 radical (unpaired) electrons. The summed E-state index contributed by atoms with van der Waals surface area (Å²) in [6.07, 6.45) is 0. The van der Waals surface area contributed by atoms with Gasteiger partial charge in [0, 0.05) is 19.2 Å². The molecule has 1 aromatic heterocycles. The van der Waals surface area contributed by atoms with E-state index in [1.54, 1.807) is 50.7 Å². The lowest BCUT2D eigenvalue weighted by Crippen LogP contribution is -2.39. The number of nitrogens with one attached hydrogen (secondary N) is 1. The van der Waals surface area contributed by atoms with Crippen LogP contribution in [0.25, 0.3) is 11.3 Å². The van der Waals surface area contributed by atoms with Gasteiger partial charge in [-0.05, 0) is 55.5 Å². The predicted molar refractivity (Wildman–Crippen MR) is 143 cm³/mol. The number of benzene rings is 2. The SMILES string of the molecule is CCOC(=O)C(C)(C)Oc1ccc(CNC(=O)c2cc(-c3ccc(C(C)(C)C)cc3)nn2C)cc1OC. The van der Waals surface area contributed by atoms with E-state index in [1.807, 2.05) is 18.2 Å². The molecule has 1 N–H and O–H groups in total. The molecular weight excluding hydrogens is 470 g/mol. The quantitative estimate of drug-likeness (QED) is 0.408. The van der Waals surface area contributed by atoms with Gasteiger partial charge in [-0.25, -0.2) is 4.79 Å². The van der Waals surface area contributed by atoms with Crippen molar-refractivity contribution >= 4 is 11.9 Å². The fourth-order valence-corrected chi connectivity index (χ4v) is 3.76. The van der Waals surface area contributed by atoms with Gasteiger partial charge in [0.1, 0.15) is 5.69 Å². The Morgan fingerprint density at radius 3 is 2.24 bits per heavy atom. The molecule has 0 unspecified atom stereocenters. The first-order chi connectivity index (χ1) is 17.4. The Morgan fingerprint density at radius 1 is 0.973 bits per heavy atom. The van der Waals surface area contributed by atoms with Gasteiger partial charge in [0.15, 0.2) is 17.1 Å². The average molecular weight is 508 g/mol. The fraction of sp³-hybridized carbons (Fsp3) is 0.414. The molecule has 8 heteroatoms. The summed E-state index contributed by atoms with van der Waals surface area (Å²) in [7, 11) is 3.27. The topological polar surface area (TPSA) is 91.7 Å². The minimum absolute atomic E-state index is 0.0673. The molecule has 0 aliphatic rings. The van der Waals surface area contributed by atoms with E-state index in [1.165, 1.54) is 12.7 Å². The Hall–Kier alpha value is -3.81. The van der Waals surface area contributed by atoms with Crippen molar-refractivity contribution in [2.24, 2.45) is 7.05 Å². The van der Waals surface area contributed by atoms with Crippen molar-refractivity contribution < 1.29 is 23.8 Å². The van der Waals surface area contributed by atoms with Crippen LogP contribution in [0.4, 0.5) is 0 Å². The van der Waals surface area contributed by atoms with Crippen LogP contribution >= 0.6 is 0 Å². The van der Waals surface area contributed by atoms with Crippen LogP contribution in [-0.4, -0.2) is 41.0 Å². The summed E-state index contributed by atoms with van der Waals surface area (Å²) in [6.45, 7) is 12.1. The monoisotopic (exact) mass is 507 g/mol. The van der Waals surface area contributed by atoms with Crippen molar-refractivity contribution in [1.82, 2.24) is 15.1 Å². The smallest absolute Gasteiger partial charge is 0.349 e. The predicted octanol–water partition coefficient (Wildman–Crippen LogP) is 5.04. The van der Waals surface area contributed by atoms with Crippen LogP contribution in [0.1, 0.15) is 63.2 Å². The third kappa shape index (κ3) is 6.70. The molecule has 0 spiro atoms. The number of aryl methyl sites for hydroxylation is 1. The zero-order valence-corrected chi connectivity index (χ0v) is 23.0. The average Bonchev–Trinajstić information content (AvgIpc) is 3.24. The van der Waals surface area contributed by atoms with E-state index < -0.39 is 11.6 Å². The van der Waals surface area contributed by atoms with Gasteiger partial charge < -0.3 is 19.5 Å². The maximum Gasteiger partial charge on any atom is 0.349 e. The molecule has 3 aromatic rings. The largest absolute Gasteiger partial charge is 0.493 e. The molecule has 0 bridgehead atoms. The molecule has 0 aliphatic carbocycles. The van der Waals surface area contributed by atoms with Gasteiger partial charge >= 0.3 is 5.97 Å². The number of hydrogen-bond donors (Lipinski definition) is 1. The van der Waals surface area contributed by atoms with Gasteiger partial charge in [0.05, 0.1) is 19.4 Å². The number of rotatable bonds is 9. The van der Waals surface area contributed by atoms with Crippen LogP contribution < -0.4 is 14.8 Å². The maximum atomic E-state index is 12.9. The van der Waals surface area contributed by atoms with Gasteiger partial charge in [-0.2, -0.15) is 5.10 Å². The molecule has 1 amide bonds.